The lowest BCUT2D eigenvalue weighted by Crippen LogP contribution is -2.24. The van der Waals surface area contributed by atoms with Crippen LogP contribution in [0.2, 0.25) is 0 Å². The molecule has 27 heavy (non-hydrogen) atoms. The lowest BCUT2D eigenvalue weighted by atomic mass is 10.1. The first-order chi connectivity index (χ1) is 13.0. The van der Waals surface area contributed by atoms with Crippen LogP contribution in [-0.4, -0.2) is 31.9 Å². The maximum Gasteiger partial charge on any atom is 0.277 e. The van der Waals surface area contributed by atoms with Gasteiger partial charge >= 0.3 is 0 Å². The molecule has 0 saturated carbocycles. The number of ether oxygens (including phenoxy) is 3. The molecule has 2 aromatic rings. The molecule has 1 amide bonds. The van der Waals surface area contributed by atoms with Crippen LogP contribution in [0.15, 0.2) is 41.5 Å². The Labute approximate surface area is 160 Å². The fourth-order valence-corrected chi connectivity index (χ4v) is 2.52. The van der Waals surface area contributed by atoms with E-state index in [9.17, 15) is 4.79 Å². The van der Waals surface area contributed by atoms with Gasteiger partial charge in [0, 0.05) is 0 Å². The van der Waals surface area contributed by atoms with E-state index < -0.39 is 0 Å². The van der Waals surface area contributed by atoms with Crippen molar-refractivity contribution in [3.8, 4) is 17.2 Å². The van der Waals surface area contributed by atoms with Crippen molar-refractivity contribution >= 4 is 12.1 Å². The highest BCUT2D eigenvalue weighted by atomic mass is 16.5. The summed E-state index contributed by atoms with van der Waals surface area (Å²) in [6.07, 6.45) is 1.55. The van der Waals surface area contributed by atoms with E-state index in [0.29, 0.717) is 30.5 Å². The predicted molar refractivity (Wildman–Crippen MR) is 106 cm³/mol. The van der Waals surface area contributed by atoms with Crippen LogP contribution in [0.25, 0.3) is 0 Å². The van der Waals surface area contributed by atoms with E-state index in [0.717, 1.165) is 16.7 Å². The van der Waals surface area contributed by atoms with Crippen LogP contribution in [0.1, 0.15) is 30.5 Å². The highest BCUT2D eigenvalue weighted by molar-refractivity contribution is 5.83. The summed E-state index contributed by atoms with van der Waals surface area (Å²) in [5, 5.41) is 3.96. The van der Waals surface area contributed by atoms with Gasteiger partial charge in [-0.05, 0) is 74.7 Å². The van der Waals surface area contributed by atoms with Gasteiger partial charge < -0.3 is 14.2 Å². The van der Waals surface area contributed by atoms with E-state index in [-0.39, 0.29) is 12.5 Å². The topological polar surface area (TPSA) is 69.2 Å². The largest absolute Gasteiger partial charge is 0.490 e. The van der Waals surface area contributed by atoms with Crippen LogP contribution in [0.3, 0.4) is 0 Å². The fraction of sp³-hybridized carbons (Fsp3) is 0.333. The number of hydrogen-bond acceptors (Lipinski definition) is 5. The molecule has 6 heteroatoms. The van der Waals surface area contributed by atoms with Crippen molar-refractivity contribution in [2.75, 3.05) is 19.8 Å². The first-order valence-corrected chi connectivity index (χ1v) is 8.94. The molecule has 0 bridgehead atoms. The Kier molecular flexibility index (Phi) is 7.67. The van der Waals surface area contributed by atoms with Crippen LogP contribution >= 0.6 is 0 Å². The quantitative estimate of drug-likeness (QED) is 0.541. The number of benzene rings is 2. The smallest absolute Gasteiger partial charge is 0.277 e. The maximum absolute atomic E-state index is 11.9. The van der Waals surface area contributed by atoms with Gasteiger partial charge in [0.05, 0.1) is 19.4 Å². The van der Waals surface area contributed by atoms with Gasteiger partial charge in [-0.2, -0.15) is 5.10 Å². The van der Waals surface area contributed by atoms with Crippen LogP contribution in [0, 0.1) is 13.8 Å². The van der Waals surface area contributed by atoms with Crippen molar-refractivity contribution in [1.82, 2.24) is 5.43 Å². The molecule has 0 aliphatic rings. The van der Waals surface area contributed by atoms with Gasteiger partial charge in [0.15, 0.2) is 18.1 Å². The van der Waals surface area contributed by atoms with E-state index in [4.69, 9.17) is 14.2 Å². The minimum atomic E-state index is -0.332. The predicted octanol–water partition coefficient (Wildman–Crippen LogP) is 3.63. The Morgan fingerprint density at radius 2 is 1.63 bits per heavy atom. The summed E-state index contributed by atoms with van der Waals surface area (Å²) >= 11 is 0. The van der Waals surface area contributed by atoms with Crippen LogP contribution < -0.4 is 19.6 Å². The fourth-order valence-electron chi connectivity index (χ4n) is 2.52. The van der Waals surface area contributed by atoms with E-state index in [1.54, 1.807) is 6.21 Å². The second-order valence-corrected chi connectivity index (χ2v) is 5.98. The van der Waals surface area contributed by atoms with Gasteiger partial charge in [-0.3, -0.25) is 4.79 Å². The Balaban J connectivity index is 1.90. The van der Waals surface area contributed by atoms with Crippen molar-refractivity contribution in [3.05, 3.63) is 53.1 Å². The highest BCUT2D eigenvalue weighted by Crippen LogP contribution is 2.27. The summed E-state index contributed by atoms with van der Waals surface area (Å²) in [6.45, 7) is 8.78. The monoisotopic (exact) mass is 370 g/mol. The van der Waals surface area contributed by atoms with E-state index in [1.165, 1.54) is 0 Å². The van der Waals surface area contributed by atoms with Crippen LogP contribution in [0.5, 0.6) is 17.2 Å². The molecule has 0 heterocycles. The molecular weight excluding hydrogens is 344 g/mol. The number of nitrogens with one attached hydrogen (secondary N) is 1. The molecule has 0 saturated heterocycles. The third-order valence-electron chi connectivity index (χ3n) is 3.54. The first kappa shape index (κ1) is 20.3. The molecule has 2 rings (SSSR count). The van der Waals surface area contributed by atoms with Gasteiger partial charge in [0.2, 0.25) is 0 Å². The molecule has 0 radical (unpaired) electrons. The number of rotatable bonds is 9. The number of carbonyl (C=O) groups is 1. The van der Waals surface area contributed by atoms with Crippen molar-refractivity contribution in [3.63, 3.8) is 0 Å². The van der Waals surface area contributed by atoms with E-state index in [2.05, 4.69) is 10.5 Å². The second-order valence-electron chi connectivity index (χ2n) is 5.98. The summed E-state index contributed by atoms with van der Waals surface area (Å²) in [6, 6.07) is 11.3. The number of hydrogen-bond donors (Lipinski definition) is 1. The van der Waals surface area contributed by atoms with E-state index in [1.807, 2.05) is 64.1 Å². The zero-order valence-electron chi connectivity index (χ0n) is 16.2. The normalized spacial score (nSPS) is 10.7. The highest BCUT2D eigenvalue weighted by Gasteiger charge is 2.06. The Morgan fingerprint density at radius 3 is 2.30 bits per heavy atom. The zero-order chi connectivity index (χ0) is 19.6. The van der Waals surface area contributed by atoms with E-state index >= 15 is 0 Å². The van der Waals surface area contributed by atoms with Gasteiger partial charge in [0.25, 0.3) is 5.91 Å². The summed E-state index contributed by atoms with van der Waals surface area (Å²) in [5.74, 6) is 1.66. The maximum atomic E-state index is 11.9. The van der Waals surface area contributed by atoms with Crippen molar-refractivity contribution in [1.29, 1.82) is 0 Å². The summed E-state index contributed by atoms with van der Waals surface area (Å²) < 4.78 is 16.6. The molecule has 6 nitrogen and oxygen atoms in total. The average Bonchev–Trinajstić information content (AvgIpc) is 2.62. The number of hydrazone groups is 1. The summed E-state index contributed by atoms with van der Waals surface area (Å²) in [4.78, 5) is 11.9. The van der Waals surface area contributed by atoms with Gasteiger partial charge in [-0.15, -0.1) is 0 Å². The first-order valence-electron chi connectivity index (χ1n) is 8.94. The molecule has 1 N–H and O–H groups in total. The lowest BCUT2D eigenvalue weighted by Gasteiger charge is -2.11. The average molecular weight is 370 g/mol. The third kappa shape index (κ3) is 6.66. The Bertz CT molecular complexity index is 783. The molecule has 144 valence electrons. The number of aryl methyl sites for hydroxylation is 2. The Morgan fingerprint density at radius 1 is 0.963 bits per heavy atom. The third-order valence-corrected chi connectivity index (χ3v) is 3.54. The molecular formula is C21H26N2O4. The minimum absolute atomic E-state index is 0.103. The Hall–Kier alpha value is -3.02. The van der Waals surface area contributed by atoms with Gasteiger partial charge in [0.1, 0.15) is 5.75 Å². The zero-order valence-corrected chi connectivity index (χ0v) is 16.2. The van der Waals surface area contributed by atoms with Crippen molar-refractivity contribution in [2.45, 2.75) is 27.7 Å². The molecule has 0 spiro atoms. The second kappa shape index (κ2) is 10.2. The summed E-state index contributed by atoms with van der Waals surface area (Å²) in [5.41, 5.74) is 5.42. The number of amides is 1. The molecule has 0 aromatic heterocycles. The van der Waals surface area contributed by atoms with Gasteiger partial charge in [-0.25, -0.2) is 5.43 Å². The van der Waals surface area contributed by atoms with Crippen molar-refractivity contribution in [2.24, 2.45) is 5.10 Å². The molecule has 0 fully saturated rings. The van der Waals surface area contributed by atoms with Crippen molar-refractivity contribution < 1.29 is 19.0 Å². The molecule has 2 aromatic carbocycles. The number of carbonyl (C=O) groups excluding carboxylic acids is 1. The van der Waals surface area contributed by atoms with Crippen LogP contribution in [-0.2, 0) is 4.79 Å². The molecule has 0 aliphatic heterocycles. The lowest BCUT2D eigenvalue weighted by molar-refractivity contribution is -0.123. The molecule has 0 unspecified atom stereocenters. The molecule has 0 atom stereocenters. The number of nitrogens with zero attached hydrogens (tertiary/aromatic N) is 1. The van der Waals surface area contributed by atoms with Crippen LogP contribution in [0.4, 0.5) is 0 Å². The SMILES string of the molecule is CCOc1ccc(/C=N/NC(=O)COc2cc(C)cc(C)c2)cc1OCC. The summed E-state index contributed by atoms with van der Waals surface area (Å²) in [7, 11) is 0. The molecule has 0 aliphatic carbocycles. The standard InChI is InChI=1S/C21H26N2O4/c1-5-25-19-8-7-17(12-20(19)26-6-2)13-22-23-21(24)14-27-18-10-15(3)9-16(4)11-18/h7-13H,5-6,14H2,1-4H3,(H,23,24)/b22-13+. The van der Waals surface area contributed by atoms with Gasteiger partial charge in [-0.1, -0.05) is 6.07 Å². The minimum Gasteiger partial charge on any atom is -0.490 e.